The number of likely N-dealkylation sites (tertiary alicyclic amines) is 1. The molecule has 118 valence electrons. The van der Waals surface area contributed by atoms with Crippen LogP contribution >= 0.6 is 11.3 Å². The van der Waals surface area contributed by atoms with E-state index in [0.717, 1.165) is 32.5 Å². The Bertz CT molecular complexity index is 639. The molecule has 0 N–H and O–H groups in total. The summed E-state index contributed by atoms with van der Waals surface area (Å²) in [5.41, 5.74) is 1.41. The van der Waals surface area contributed by atoms with E-state index in [1.165, 1.54) is 10.4 Å². The highest BCUT2D eigenvalue weighted by atomic mass is 32.1. The molecule has 0 bridgehead atoms. The summed E-state index contributed by atoms with van der Waals surface area (Å²) in [7, 11) is 0. The van der Waals surface area contributed by atoms with Crippen molar-refractivity contribution in [3.63, 3.8) is 0 Å². The Labute approximate surface area is 134 Å². The fourth-order valence-corrected chi connectivity index (χ4v) is 4.54. The largest absolute Gasteiger partial charge is 0.373 e. The Hall–Kier alpha value is -1.24. The molecule has 0 amide bonds. The Morgan fingerprint density at radius 1 is 1.36 bits per heavy atom. The van der Waals surface area contributed by atoms with Crippen molar-refractivity contribution in [3.8, 4) is 0 Å². The second-order valence-electron chi connectivity index (χ2n) is 6.45. The van der Waals surface area contributed by atoms with Crippen LogP contribution in [0, 0.1) is 19.8 Å². The lowest BCUT2D eigenvalue weighted by molar-refractivity contribution is 0.0344. The summed E-state index contributed by atoms with van der Waals surface area (Å²) in [5.74, 6) is 2.05. The number of thiophene rings is 1. The highest BCUT2D eigenvalue weighted by Gasteiger charge is 2.42. The third-order valence-electron chi connectivity index (χ3n) is 4.70. The number of nitrogens with zero attached hydrogens (tertiary/aromatic N) is 3. The molecule has 2 aromatic heterocycles. The van der Waals surface area contributed by atoms with Gasteiger partial charge in [-0.25, -0.2) is 0 Å². The molecule has 5 nitrogen and oxygen atoms in total. The van der Waals surface area contributed by atoms with Crippen molar-refractivity contribution in [3.05, 3.63) is 33.6 Å². The summed E-state index contributed by atoms with van der Waals surface area (Å²) >= 11 is 1.86. The Balaban J connectivity index is 1.31. The van der Waals surface area contributed by atoms with Gasteiger partial charge in [0.05, 0.1) is 18.6 Å². The van der Waals surface area contributed by atoms with Gasteiger partial charge in [0.25, 0.3) is 0 Å². The molecular formula is C16H21N3O2S. The zero-order valence-corrected chi connectivity index (χ0v) is 13.8. The lowest BCUT2D eigenvalue weighted by atomic mass is 10.0. The van der Waals surface area contributed by atoms with Gasteiger partial charge in [0.15, 0.2) is 5.82 Å². The van der Waals surface area contributed by atoms with Gasteiger partial charge < -0.3 is 9.26 Å². The van der Waals surface area contributed by atoms with E-state index in [-0.39, 0.29) is 6.10 Å². The van der Waals surface area contributed by atoms with Crippen molar-refractivity contribution in [1.82, 2.24) is 15.0 Å². The lowest BCUT2D eigenvalue weighted by Crippen LogP contribution is -2.25. The first-order chi connectivity index (χ1) is 10.7. The zero-order valence-electron chi connectivity index (χ0n) is 13.0. The predicted molar refractivity (Wildman–Crippen MR) is 83.8 cm³/mol. The molecule has 0 aromatic carbocycles. The topological polar surface area (TPSA) is 51.4 Å². The number of aryl methyl sites for hydroxylation is 2. The highest BCUT2D eigenvalue weighted by Crippen LogP contribution is 2.35. The standard InChI is InChI=1S/C16H21N3O2S/c1-10-3-4-22-15(10)9-19-7-12-5-13(20-14(12)8-19)6-16-17-11(2)18-21-16/h3-4,12-14H,5-9H2,1-2H3/t12-,13-,14+/m0/s1. The summed E-state index contributed by atoms with van der Waals surface area (Å²) in [4.78, 5) is 8.29. The number of ether oxygens (including phenoxy) is 1. The van der Waals surface area contributed by atoms with Gasteiger partial charge in [-0.15, -0.1) is 11.3 Å². The average molecular weight is 319 g/mol. The predicted octanol–water partition coefficient (Wildman–Crippen LogP) is 2.58. The van der Waals surface area contributed by atoms with Crippen molar-refractivity contribution in [2.75, 3.05) is 13.1 Å². The molecule has 0 saturated carbocycles. The van der Waals surface area contributed by atoms with Crippen LogP contribution in [0.2, 0.25) is 0 Å². The minimum absolute atomic E-state index is 0.237. The molecule has 6 heteroatoms. The van der Waals surface area contributed by atoms with Crippen molar-refractivity contribution in [1.29, 1.82) is 0 Å². The van der Waals surface area contributed by atoms with Crippen LogP contribution in [0.3, 0.4) is 0 Å². The molecule has 0 spiro atoms. The fraction of sp³-hybridized carbons (Fsp3) is 0.625. The second-order valence-corrected chi connectivity index (χ2v) is 7.45. The quantitative estimate of drug-likeness (QED) is 0.867. The maximum absolute atomic E-state index is 6.21. The molecule has 0 radical (unpaired) electrons. The minimum Gasteiger partial charge on any atom is -0.373 e. The van der Waals surface area contributed by atoms with Gasteiger partial charge >= 0.3 is 0 Å². The van der Waals surface area contributed by atoms with Crippen LogP contribution in [0.1, 0.15) is 28.6 Å². The molecule has 2 aliphatic rings. The van der Waals surface area contributed by atoms with Gasteiger partial charge in [-0.2, -0.15) is 4.98 Å². The summed E-state index contributed by atoms with van der Waals surface area (Å²) in [6.07, 6.45) is 2.46. The van der Waals surface area contributed by atoms with Gasteiger partial charge in [-0.3, -0.25) is 4.90 Å². The molecule has 2 saturated heterocycles. The number of aromatic nitrogens is 2. The molecule has 0 aliphatic carbocycles. The number of hydrogen-bond donors (Lipinski definition) is 0. The average Bonchev–Trinajstić information content (AvgIpc) is 3.19. The van der Waals surface area contributed by atoms with Crippen LogP contribution in [0.15, 0.2) is 16.0 Å². The van der Waals surface area contributed by atoms with Gasteiger partial charge in [0.2, 0.25) is 5.89 Å². The second kappa shape index (κ2) is 5.76. The molecule has 0 unspecified atom stereocenters. The van der Waals surface area contributed by atoms with Gasteiger partial charge in [-0.1, -0.05) is 5.16 Å². The van der Waals surface area contributed by atoms with E-state index in [4.69, 9.17) is 9.26 Å². The van der Waals surface area contributed by atoms with E-state index in [0.29, 0.717) is 23.7 Å². The SMILES string of the molecule is Cc1noc(C[C@@H]2C[C@H]3CN(Cc4sccc4C)C[C@H]3O2)n1. The van der Waals surface area contributed by atoms with E-state index >= 15 is 0 Å². The van der Waals surface area contributed by atoms with Crippen molar-refractivity contribution in [2.45, 2.75) is 45.4 Å². The maximum Gasteiger partial charge on any atom is 0.229 e. The molecule has 2 aliphatic heterocycles. The smallest absolute Gasteiger partial charge is 0.229 e. The third kappa shape index (κ3) is 2.83. The first-order valence-corrected chi connectivity index (χ1v) is 8.75. The molecule has 2 fully saturated rings. The van der Waals surface area contributed by atoms with Crippen LogP contribution in [-0.4, -0.2) is 40.3 Å². The Morgan fingerprint density at radius 2 is 2.27 bits per heavy atom. The van der Waals surface area contributed by atoms with Crippen molar-refractivity contribution in [2.24, 2.45) is 5.92 Å². The first kappa shape index (κ1) is 14.4. The minimum atomic E-state index is 0.237. The van der Waals surface area contributed by atoms with E-state index in [9.17, 15) is 0 Å². The van der Waals surface area contributed by atoms with Crippen molar-refractivity contribution >= 4 is 11.3 Å². The van der Waals surface area contributed by atoms with E-state index in [1.54, 1.807) is 0 Å². The molecule has 3 atom stereocenters. The van der Waals surface area contributed by atoms with Crippen LogP contribution in [0.25, 0.3) is 0 Å². The van der Waals surface area contributed by atoms with Crippen molar-refractivity contribution < 1.29 is 9.26 Å². The molecule has 4 rings (SSSR count). The summed E-state index contributed by atoms with van der Waals surface area (Å²) in [5, 5.41) is 6.03. The van der Waals surface area contributed by atoms with Crippen LogP contribution in [-0.2, 0) is 17.7 Å². The molecule has 22 heavy (non-hydrogen) atoms. The summed E-state index contributed by atoms with van der Waals surface area (Å²) in [6, 6.07) is 2.20. The van der Waals surface area contributed by atoms with Gasteiger partial charge in [-0.05, 0) is 37.3 Å². The van der Waals surface area contributed by atoms with E-state index < -0.39 is 0 Å². The zero-order chi connectivity index (χ0) is 15.1. The van der Waals surface area contributed by atoms with Crippen LogP contribution < -0.4 is 0 Å². The Kier molecular flexibility index (Phi) is 3.76. The van der Waals surface area contributed by atoms with E-state index in [2.05, 4.69) is 33.4 Å². The highest BCUT2D eigenvalue weighted by molar-refractivity contribution is 7.10. The maximum atomic E-state index is 6.21. The normalized spacial score (nSPS) is 28.4. The lowest BCUT2D eigenvalue weighted by Gasteiger charge is -2.18. The van der Waals surface area contributed by atoms with E-state index in [1.807, 2.05) is 18.3 Å². The summed E-state index contributed by atoms with van der Waals surface area (Å²) < 4.78 is 11.4. The molecule has 4 heterocycles. The van der Waals surface area contributed by atoms with Gasteiger partial charge in [0.1, 0.15) is 0 Å². The molecular weight excluding hydrogens is 298 g/mol. The first-order valence-electron chi connectivity index (χ1n) is 7.87. The van der Waals surface area contributed by atoms with Gasteiger partial charge in [0, 0.05) is 30.4 Å². The monoisotopic (exact) mass is 319 g/mol. The van der Waals surface area contributed by atoms with Crippen LogP contribution in [0.4, 0.5) is 0 Å². The number of hydrogen-bond acceptors (Lipinski definition) is 6. The molecule has 2 aromatic rings. The van der Waals surface area contributed by atoms with Crippen LogP contribution in [0.5, 0.6) is 0 Å². The number of fused-ring (bicyclic) bond motifs is 1. The third-order valence-corrected chi connectivity index (χ3v) is 5.70. The fourth-order valence-electron chi connectivity index (χ4n) is 3.60. The number of rotatable bonds is 4. The Morgan fingerprint density at radius 3 is 2.95 bits per heavy atom. The summed E-state index contributed by atoms with van der Waals surface area (Å²) in [6.45, 7) is 7.29.